The molecule has 3 N–H and O–H groups in total. The Bertz CT molecular complexity index is 493. The highest BCUT2D eigenvalue weighted by Crippen LogP contribution is 2.27. The molecule has 5 nitrogen and oxygen atoms in total. The molecule has 1 aromatic rings. The standard InChI is InChI=1S/C18H31N3O2.HI/c1-14(2)7-5-6-11-20-18(19)21-12-10-15-8-9-16(22-3)17(13-15)23-4;/h8-9,13-14H,5-7,10-12H2,1-4H3,(H3,19,20,21);1H. The maximum Gasteiger partial charge on any atom is 0.188 e. The van der Waals surface area contributed by atoms with Crippen LogP contribution in [0.2, 0.25) is 0 Å². The second-order valence-electron chi connectivity index (χ2n) is 6.02. The van der Waals surface area contributed by atoms with Gasteiger partial charge in [0.15, 0.2) is 17.5 Å². The molecule has 0 aromatic heterocycles. The quantitative estimate of drug-likeness (QED) is 0.248. The number of nitrogens with two attached hydrogens (primary N) is 1. The Hall–Kier alpha value is -1.18. The predicted octanol–water partition coefficient (Wildman–Crippen LogP) is 3.59. The van der Waals surface area contributed by atoms with E-state index in [1.807, 2.05) is 18.2 Å². The average Bonchev–Trinajstić information content (AvgIpc) is 2.54. The first-order valence-corrected chi connectivity index (χ1v) is 8.31. The predicted molar refractivity (Wildman–Crippen MR) is 112 cm³/mol. The van der Waals surface area contributed by atoms with Crippen LogP contribution in [0.5, 0.6) is 11.5 Å². The maximum absolute atomic E-state index is 5.88. The zero-order valence-corrected chi connectivity index (χ0v) is 17.6. The third-order valence-electron chi connectivity index (χ3n) is 3.64. The van der Waals surface area contributed by atoms with Crippen molar-refractivity contribution in [3.8, 4) is 11.5 Å². The summed E-state index contributed by atoms with van der Waals surface area (Å²) in [6, 6.07) is 5.93. The lowest BCUT2D eigenvalue weighted by atomic mass is 10.1. The highest BCUT2D eigenvalue weighted by Gasteiger charge is 2.04. The first-order chi connectivity index (χ1) is 11.1. The van der Waals surface area contributed by atoms with Crippen molar-refractivity contribution in [3.05, 3.63) is 23.8 Å². The van der Waals surface area contributed by atoms with Gasteiger partial charge in [-0.15, -0.1) is 24.0 Å². The minimum atomic E-state index is 0. The van der Waals surface area contributed by atoms with E-state index >= 15 is 0 Å². The van der Waals surface area contributed by atoms with E-state index in [-0.39, 0.29) is 24.0 Å². The smallest absolute Gasteiger partial charge is 0.188 e. The average molecular weight is 449 g/mol. The Morgan fingerprint density at radius 3 is 2.50 bits per heavy atom. The van der Waals surface area contributed by atoms with Gasteiger partial charge >= 0.3 is 0 Å². The van der Waals surface area contributed by atoms with E-state index in [0.29, 0.717) is 5.96 Å². The first kappa shape index (κ1) is 22.8. The molecule has 0 aliphatic heterocycles. The summed E-state index contributed by atoms with van der Waals surface area (Å²) in [6.45, 7) is 6.03. The van der Waals surface area contributed by atoms with Gasteiger partial charge in [0.25, 0.3) is 0 Å². The van der Waals surface area contributed by atoms with Gasteiger partial charge < -0.3 is 20.5 Å². The van der Waals surface area contributed by atoms with E-state index < -0.39 is 0 Å². The van der Waals surface area contributed by atoms with Crippen molar-refractivity contribution in [1.82, 2.24) is 5.32 Å². The van der Waals surface area contributed by atoms with Crippen molar-refractivity contribution < 1.29 is 9.47 Å². The largest absolute Gasteiger partial charge is 0.493 e. The Morgan fingerprint density at radius 2 is 1.88 bits per heavy atom. The molecule has 0 saturated carbocycles. The van der Waals surface area contributed by atoms with Gasteiger partial charge in [0.1, 0.15) is 0 Å². The number of methoxy groups -OCH3 is 2. The molecule has 6 heteroatoms. The van der Waals surface area contributed by atoms with Gasteiger partial charge in [-0.25, -0.2) is 0 Å². The molecule has 0 radical (unpaired) electrons. The third kappa shape index (κ3) is 9.20. The van der Waals surface area contributed by atoms with Crippen molar-refractivity contribution >= 4 is 29.9 Å². The number of aliphatic imine (C=N–C) groups is 1. The van der Waals surface area contributed by atoms with Crippen molar-refractivity contribution in [2.75, 3.05) is 27.3 Å². The summed E-state index contributed by atoms with van der Waals surface area (Å²) in [5, 5.41) is 3.15. The fourth-order valence-electron chi connectivity index (χ4n) is 2.29. The van der Waals surface area contributed by atoms with E-state index in [1.54, 1.807) is 14.2 Å². The van der Waals surface area contributed by atoms with E-state index in [2.05, 4.69) is 24.2 Å². The van der Waals surface area contributed by atoms with Crippen LogP contribution < -0.4 is 20.5 Å². The van der Waals surface area contributed by atoms with Crippen molar-refractivity contribution in [2.24, 2.45) is 16.6 Å². The van der Waals surface area contributed by atoms with Crippen molar-refractivity contribution in [1.29, 1.82) is 0 Å². The van der Waals surface area contributed by atoms with Crippen LogP contribution in [0, 0.1) is 5.92 Å². The number of guanidine groups is 1. The molecule has 0 fully saturated rings. The third-order valence-corrected chi connectivity index (χ3v) is 3.64. The number of hydrogen-bond donors (Lipinski definition) is 2. The Kier molecular flexibility index (Phi) is 12.5. The van der Waals surface area contributed by atoms with E-state index in [9.17, 15) is 0 Å². The Balaban J connectivity index is 0.00000529. The van der Waals surface area contributed by atoms with E-state index in [0.717, 1.165) is 43.3 Å². The Labute approximate surface area is 163 Å². The molecule has 24 heavy (non-hydrogen) atoms. The number of benzene rings is 1. The van der Waals surface area contributed by atoms with Gasteiger partial charge in [-0.2, -0.15) is 0 Å². The monoisotopic (exact) mass is 449 g/mol. The molecule has 0 amide bonds. The first-order valence-electron chi connectivity index (χ1n) is 8.31. The molecule has 1 rings (SSSR count). The Morgan fingerprint density at radius 1 is 1.17 bits per heavy atom. The molecule has 0 unspecified atom stereocenters. The van der Waals surface area contributed by atoms with Crippen LogP contribution in [-0.4, -0.2) is 33.3 Å². The molecule has 0 bridgehead atoms. The number of hydrogen-bond acceptors (Lipinski definition) is 3. The van der Waals surface area contributed by atoms with Gasteiger partial charge in [0.2, 0.25) is 0 Å². The van der Waals surface area contributed by atoms with Crippen LogP contribution in [0.4, 0.5) is 0 Å². The number of rotatable bonds is 10. The zero-order valence-electron chi connectivity index (χ0n) is 15.3. The highest BCUT2D eigenvalue weighted by atomic mass is 127. The molecule has 138 valence electrons. The molecule has 1 aromatic carbocycles. The van der Waals surface area contributed by atoms with Gasteiger partial charge in [0.05, 0.1) is 14.2 Å². The van der Waals surface area contributed by atoms with Gasteiger partial charge in [-0.3, -0.25) is 4.99 Å². The molecule has 0 aliphatic rings. The summed E-state index contributed by atoms with van der Waals surface area (Å²) in [5.74, 6) is 2.77. The van der Waals surface area contributed by atoms with E-state index in [1.165, 1.54) is 18.4 Å². The summed E-state index contributed by atoms with van der Waals surface area (Å²) in [7, 11) is 3.28. The molecule has 0 heterocycles. The summed E-state index contributed by atoms with van der Waals surface area (Å²) >= 11 is 0. The molecular formula is C18H32IN3O2. The lowest BCUT2D eigenvalue weighted by Gasteiger charge is -2.10. The normalized spacial score (nSPS) is 11.1. The van der Waals surface area contributed by atoms with Crippen LogP contribution in [0.3, 0.4) is 0 Å². The SMILES string of the molecule is COc1ccc(CCNC(N)=NCCCCC(C)C)cc1OC.I. The van der Waals surface area contributed by atoms with Crippen LogP contribution in [0.15, 0.2) is 23.2 Å². The number of unbranched alkanes of at least 4 members (excludes halogenated alkanes) is 1. The second-order valence-corrected chi connectivity index (χ2v) is 6.02. The lowest BCUT2D eigenvalue weighted by Crippen LogP contribution is -2.33. The number of ether oxygens (including phenoxy) is 2. The van der Waals surface area contributed by atoms with Crippen LogP contribution in [0.25, 0.3) is 0 Å². The fourth-order valence-corrected chi connectivity index (χ4v) is 2.29. The minimum Gasteiger partial charge on any atom is -0.493 e. The zero-order chi connectivity index (χ0) is 17.1. The number of nitrogens with one attached hydrogen (secondary N) is 1. The molecular weight excluding hydrogens is 417 g/mol. The highest BCUT2D eigenvalue weighted by molar-refractivity contribution is 14.0. The summed E-state index contributed by atoms with van der Waals surface area (Å²) in [6.07, 6.45) is 4.41. The fraction of sp³-hybridized carbons (Fsp3) is 0.611. The van der Waals surface area contributed by atoms with Crippen LogP contribution in [0.1, 0.15) is 38.7 Å². The summed E-state index contributed by atoms with van der Waals surface area (Å²) in [5.41, 5.74) is 7.04. The molecule has 0 saturated heterocycles. The number of nitrogens with zero attached hydrogens (tertiary/aromatic N) is 1. The van der Waals surface area contributed by atoms with Crippen LogP contribution in [-0.2, 0) is 6.42 Å². The lowest BCUT2D eigenvalue weighted by molar-refractivity contribution is 0.354. The van der Waals surface area contributed by atoms with Gasteiger partial charge in [-0.1, -0.05) is 32.8 Å². The summed E-state index contributed by atoms with van der Waals surface area (Å²) < 4.78 is 10.5. The van der Waals surface area contributed by atoms with E-state index in [4.69, 9.17) is 15.2 Å². The van der Waals surface area contributed by atoms with Crippen molar-refractivity contribution in [3.63, 3.8) is 0 Å². The van der Waals surface area contributed by atoms with Gasteiger partial charge in [-0.05, 0) is 36.5 Å². The minimum absolute atomic E-state index is 0. The topological polar surface area (TPSA) is 68.9 Å². The molecule has 0 spiro atoms. The maximum atomic E-state index is 5.88. The molecule has 0 atom stereocenters. The molecule has 0 aliphatic carbocycles. The van der Waals surface area contributed by atoms with Gasteiger partial charge in [0, 0.05) is 13.1 Å². The summed E-state index contributed by atoms with van der Waals surface area (Å²) in [4.78, 5) is 4.35. The second kappa shape index (κ2) is 13.1. The van der Waals surface area contributed by atoms with Crippen molar-refractivity contribution in [2.45, 2.75) is 39.5 Å². The number of halogens is 1. The van der Waals surface area contributed by atoms with Crippen LogP contribution >= 0.6 is 24.0 Å².